The Balaban J connectivity index is 1.85. The van der Waals surface area contributed by atoms with Gasteiger partial charge in [-0.3, -0.25) is 14.2 Å². The van der Waals surface area contributed by atoms with Gasteiger partial charge in [0, 0.05) is 18.7 Å². The normalized spacial score (nSPS) is 14.4. The molecule has 0 spiro atoms. The highest BCUT2D eigenvalue weighted by Crippen LogP contribution is 2.27. The molecule has 1 aromatic heterocycles. The van der Waals surface area contributed by atoms with Gasteiger partial charge in [0.25, 0.3) is 5.56 Å². The van der Waals surface area contributed by atoms with Crippen molar-refractivity contribution in [3.63, 3.8) is 0 Å². The van der Waals surface area contributed by atoms with Crippen molar-refractivity contribution in [3.05, 3.63) is 40.7 Å². The lowest BCUT2D eigenvalue weighted by molar-refractivity contribution is -0.133. The first-order chi connectivity index (χ1) is 11.0. The predicted octanol–water partition coefficient (Wildman–Crippen LogP) is 2.18. The highest BCUT2D eigenvalue weighted by molar-refractivity contribution is 5.79. The molecule has 1 aliphatic rings. The molecule has 0 bridgehead atoms. The van der Waals surface area contributed by atoms with E-state index in [1.165, 1.54) is 29.1 Å². The summed E-state index contributed by atoms with van der Waals surface area (Å²) in [5.74, 6) is -0.115. The fourth-order valence-electron chi connectivity index (χ4n) is 2.71. The van der Waals surface area contributed by atoms with Crippen molar-refractivity contribution in [2.75, 3.05) is 6.54 Å². The Morgan fingerprint density at radius 2 is 2.17 bits per heavy atom. The molecule has 0 radical (unpaired) electrons. The van der Waals surface area contributed by atoms with E-state index in [2.05, 4.69) is 18.8 Å². The molecular formula is C17H20FN3O2. The molecule has 0 atom stereocenters. The molecule has 0 N–H and O–H groups in total. The highest BCUT2D eigenvalue weighted by atomic mass is 19.1. The number of carbonyl (C=O) groups is 1. The van der Waals surface area contributed by atoms with Crippen LogP contribution in [0.5, 0.6) is 0 Å². The Morgan fingerprint density at radius 1 is 1.43 bits per heavy atom. The molecule has 0 unspecified atom stereocenters. The Morgan fingerprint density at radius 3 is 2.83 bits per heavy atom. The van der Waals surface area contributed by atoms with Crippen LogP contribution in [0.1, 0.15) is 26.7 Å². The monoisotopic (exact) mass is 317 g/mol. The van der Waals surface area contributed by atoms with Crippen LogP contribution in [0, 0.1) is 11.7 Å². The van der Waals surface area contributed by atoms with Crippen LogP contribution in [0.3, 0.4) is 0 Å². The first-order valence-electron chi connectivity index (χ1n) is 7.90. The molecule has 1 amide bonds. The number of halogens is 1. The third kappa shape index (κ3) is 3.41. The van der Waals surface area contributed by atoms with Crippen LogP contribution in [-0.4, -0.2) is 32.9 Å². The molecular weight excluding hydrogens is 297 g/mol. The van der Waals surface area contributed by atoms with Crippen molar-refractivity contribution in [2.45, 2.75) is 39.3 Å². The van der Waals surface area contributed by atoms with Crippen LogP contribution in [0.25, 0.3) is 10.9 Å². The number of hydrogen-bond acceptors (Lipinski definition) is 3. The van der Waals surface area contributed by atoms with E-state index in [0.29, 0.717) is 29.4 Å². The second kappa shape index (κ2) is 6.10. The largest absolute Gasteiger partial charge is 0.338 e. The fourth-order valence-corrected chi connectivity index (χ4v) is 2.71. The predicted molar refractivity (Wildman–Crippen MR) is 85.5 cm³/mol. The maximum atomic E-state index is 13.2. The van der Waals surface area contributed by atoms with Gasteiger partial charge < -0.3 is 4.90 Å². The summed E-state index contributed by atoms with van der Waals surface area (Å²) in [6.07, 6.45) is 3.38. The third-order valence-electron chi connectivity index (χ3n) is 3.96. The van der Waals surface area contributed by atoms with Gasteiger partial charge in [-0.15, -0.1) is 0 Å². The van der Waals surface area contributed by atoms with Gasteiger partial charge in [0.15, 0.2) is 0 Å². The second-order valence-electron chi connectivity index (χ2n) is 6.51. The van der Waals surface area contributed by atoms with Gasteiger partial charge in [-0.2, -0.15) is 0 Å². The molecule has 1 aromatic carbocycles. The Labute approximate surface area is 133 Å². The third-order valence-corrected chi connectivity index (χ3v) is 3.96. The second-order valence-corrected chi connectivity index (χ2v) is 6.51. The molecule has 1 aliphatic carbocycles. The van der Waals surface area contributed by atoms with Crippen molar-refractivity contribution < 1.29 is 9.18 Å². The van der Waals surface area contributed by atoms with Crippen molar-refractivity contribution in [1.82, 2.24) is 14.5 Å². The topological polar surface area (TPSA) is 55.2 Å². The lowest BCUT2D eigenvalue weighted by Gasteiger charge is -2.24. The summed E-state index contributed by atoms with van der Waals surface area (Å²) in [4.78, 5) is 30.9. The van der Waals surface area contributed by atoms with E-state index in [0.717, 1.165) is 12.8 Å². The molecule has 1 fully saturated rings. The number of hydrogen-bond donors (Lipinski definition) is 0. The molecule has 5 nitrogen and oxygen atoms in total. The summed E-state index contributed by atoms with van der Waals surface area (Å²) in [5.41, 5.74) is -0.0106. The number of aromatic nitrogens is 2. The molecule has 2 aromatic rings. The zero-order valence-electron chi connectivity index (χ0n) is 13.3. The summed E-state index contributed by atoms with van der Waals surface area (Å²) >= 11 is 0. The van der Waals surface area contributed by atoms with Crippen molar-refractivity contribution in [3.8, 4) is 0 Å². The first-order valence-corrected chi connectivity index (χ1v) is 7.90. The van der Waals surface area contributed by atoms with Gasteiger partial charge in [-0.25, -0.2) is 9.37 Å². The average Bonchev–Trinajstić information content (AvgIpc) is 3.32. The van der Waals surface area contributed by atoms with Crippen LogP contribution < -0.4 is 5.56 Å². The molecule has 3 rings (SSSR count). The summed E-state index contributed by atoms with van der Waals surface area (Å²) in [7, 11) is 0. The standard InChI is InChI=1S/C17H20FN3O2/c1-11(2)8-21(13-4-5-13)16(22)9-20-10-19-15-7-12(18)3-6-14(15)17(20)23/h3,6-7,10-11,13H,4-5,8-9H2,1-2H3. The number of carbonyl (C=O) groups excluding carboxylic acids is 1. The van der Waals surface area contributed by atoms with Crippen molar-refractivity contribution >= 4 is 16.8 Å². The van der Waals surface area contributed by atoms with Gasteiger partial charge in [0.1, 0.15) is 12.4 Å². The average molecular weight is 317 g/mol. The molecule has 6 heteroatoms. The first kappa shape index (κ1) is 15.6. The van der Waals surface area contributed by atoms with Gasteiger partial charge in [-0.05, 0) is 30.9 Å². The number of nitrogens with zero attached hydrogens (tertiary/aromatic N) is 3. The molecule has 1 saturated carbocycles. The van der Waals surface area contributed by atoms with Crippen LogP contribution in [-0.2, 0) is 11.3 Å². The van der Waals surface area contributed by atoms with Crippen LogP contribution in [0.2, 0.25) is 0 Å². The minimum Gasteiger partial charge on any atom is -0.338 e. The van der Waals surface area contributed by atoms with Crippen molar-refractivity contribution in [1.29, 1.82) is 0 Å². The minimum atomic E-state index is -0.435. The van der Waals surface area contributed by atoms with E-state index in [-0.39, 0.29) is 18.0 Å². The van der Waals surface area contributed by atoms with Gasteiger partial charge in [0.2, 0.25) is 5.91 Å². The highest BCUT2D eigenvalue weighted by Gasteiger charge is 2.32. The number of rotatable bonds is 5. The van der Waals surface area contributed by atoms with E-state index < -0.39 is 5.82 Å². The van der Waals surface area contributed by atoms with Gasteiger partial charge in [0.05, 0.1) is 17.2 Å². The maximum absolute atomic E-state index is 13.2. The minimum absolute atomic E-state index is 0.0254. The van der Waals surface area contributed by atoms with Gasteiger partial charge >= 0.3 is 0 Å². The van der Waals surface area contributed by atoms with E-state index in [1.54, 1.807) is 0 Å². The fraction of sp³-hybridized carbons (Fsp3) is 0.471. The summed E-state index contributed by atoms with van der Waals surface area (Å²) in [6.45, 7) is 4.81. The van der Waals surface area contributed by atoms with Gasteiger partial charge in [-0.1, -0.05) is 13.8 Å². The van der Waals surface area contributed by atoms with Crippen molar-refractivity contribution in [2.24, 2.45) is 5.92 Å². The summed E-state index contributed by atoms with van der Waals surface area (Å²) in [6, 6.07) is 4.17. The van der Waals surface area contributed by atoms with Crippen LogP contribution >= 0.6 is 0 Å². The Kier molecular flexibility index (Phi) is 4.15. The quantitative estimate of drug-likeness (QED) is 0.849. The van der Waals surface area contributed by atoms with E-state index >= 15 is 0 Å². The van der Waals surface area contributed by atoms with Crippen LogP contribution in [0.15, 0.2) is 29.3 Å². The lowest BCUT2D eigenvalue weighted by atomic mass is 10.2. The Bertz CT molecular complexity index is 796. The summed E-state index contributed by atoms with van der Waals surface area (Å²) in [5, 5.41) is 0.323. The molecule has 1 heterocycles. The molecule has 0 aliphatic heterocycles. The Hall–Kier alpha value is -2.24. The smallest absolute Gasteiger partial charge is 0.261 e. The van der Waals surface area contributed by atoms with E-state index in [4.69, 9.17) is 0 Å². The zero-order valence-corrected chi connectivity index (χ0v) is 13.3. The number of benzene rings is 1. The number of fused-ring (bicyclic) bond motifs is 1. The van der Waals surface area contributed by atoms with Crippen LogP contribution in [0.4, 0.5) is 4.39 Å². The SMILES string of the molecule is CC(C)CN(C(=O)Cn1cnc2cc(F)ccc2c1=O)C1CC1. The maximum Gasteiger partial charge on any atom is 0.261 e. The molecule has 23 heavy (non-hydrogen) atoms. The molecule has 0 saturated heterocycles. The van der Waals surface area contributed by atoms with E-state index in [1.807, 2.05) is 4.90 Å². The lowest BCUT2D eigenvalue weighted by Crippen LogP contribution is -2.40. The molecule has 122 valence electrons. The number of amides is 1. The zero-order chi connectivity index (χ0) is 16.6. The van der Waals surface area contributed by atoms with E-state index in [9.17, 15) is 14.0 Å². The summed E-state index contributed by atoms with van der Waals surface area (Å²) < 4.78 is 14.5.